The Labute approximate surface area is 125 Å². The van der Waals surface area contributed by atoms with Crippen molar-refractivity contribution < 1.29 is 14.3 Å². The summed E-state index contributed by atoms with van der Waals surface area (Å²) in [6.07, 6.45) is 1.85. The van der Waals surface area contributed by atoms with Gasteiger partial charge in [0.15, 0.2) is 0 Å². The molecule has 1 aromatic carbocycles. The summed E-state index contributed by atoms with van der Waals surface area (Å²) in [5, 5.41) is 2.75. The summed E-state index contributed by atoms with van der Waals surface area (Å²) < 4.78 is 5.21. The second-order valence-corrected chi connectivity index (χ2v) is 6.58. The maximum absolute atomic E-state index is 11.6. The van der Waals surface area contributed by atoms with Gasteiger partial charge in [0.05, 0.1) is 0 Å². The van der Waals surface area contributed by atoms with Gasteiger partial charge >= 0.3 is 6.09 Å². The van der Waals surface area contributed by atoms with Crippen LogP contribution in [0.25, 0.3) is 0 Å². The van der Waals surface area contributed by atoms with E-state index in [0.717, 1.165) is 12.0 Å². The third-order valence-corrected chi connectivity index (χ3v) is 3.50. The summed E-state index contributed by atoms with van der Waals surface area (Å²) in [4.78, 5) is 23.0. The largest absolute Gasteiger partial charge is 0.444 e. The molecule has 4 nitrogen and oxygen atoms in total. The SMILES string of the molecule is CC(C)(C)OC(=O)NCc1cccc(C2CCC(=O)C2)c1. The maximum atomic E-state index is 11.6. The zero-order chi connectivity index (χ0) is 15.5. The van der Waals surface area contributed by atoms with Gasteiger partial charge in [-0.1, -0.05) is 24.3 Å². The van der Waals surface area contributed by atoms with E-state index >= 15 is 0 Å². The molecule has 0 spiro atoms. The molecule has 1 aliphatic carbocycles. The molecule has 0 aromatic heterocycles. The number of amides is 1. The lowest BCUT2D eigenvalue weighted by molar-refractivity contribution is -0.117. The Morgan fingerprint density at radius 1 is 1.38 bits per heavy atom. The molecule has 1 amide bonds. The van der Waals surface area contributed by atoms with Gasteiger partial charge in [-0.25, -0.2) is 4.79 Å². The van der Waals surface area contributed by atoms with Gasteiger partial charge in [-0.2, -0.15) is 0 Å². The number of hydrogen-bond acceptors (Lipinski definition) is 3. The lowest BCUT2D eigenvalue weighted by Crippen LogP contribution is -2.32. The molecular weight excluding hydrogens is 266 g/mol. The highest BCUT2D eigenvalue weighted by Crippen LogP contribution is 2.32. The minimum absolute atomic E-state index is 0.332. The lowest BCUT2D eigenvalue weighted by atomic mass is 9.96. The topological polar surface area (TPSA) is 55.4 Å². The predicted octanol–water partition coefficient (Wildman–Crippen LogP) is 3.55. The first-order chi connectivity index (χ1) is 9.83. The molecule has 4 heteroatoms. The Kier molecular flexibility index (Phi) is 4.66. The molecule has 1 aliphatic rings. The van der Waals surface area contributed by atoms with E-state index in [9.17, 15) is 9.59 Å². The van der Waals surface area contributed by atoms with E-state index in [2.05, 4.69) is 17.4 Å². The van der Waals surface area contributed by atoms with Crippen LogP contribution >= 0.6 is 0 Å². The van der Waals surface area contributed by atoms with Crippen molar-refractivity contribution in [2.45, 2.75) is 58.1 Å². The molecule has 0 aliphatic heterocycles. The van der Waals surface area contributed by atoms with Crippen molar-refractivity contribution >= 4 is 11.9 Å². The molecule has 21 heavy (non-hydrogen) atoms. The molecule has 0 radical (unpaired) electrons. The van der Waals surface area contributed by atoms with Gasteiger partial charge in [0.25, 0.3) is 0 Å². The van der Waals surface area contributed by atoms with Crippen molar-refractivity contribution in [3.8, 4) is 0 Å². The second kappa shape index (κ2) is 6.29. The first-order valence-corrected chi connectivity index (χ1v) is 7.41. The van der Waals surface area contributed by atoms with Gasteiger partial charge in [-0.05, 0) is 44.2 Å². The summed E-state index contributed by atoms with van der Waals surface area (Å²) in [6, 6.07) is 8.07. The summed E-state index contributed by atoms with van der Waals surface area (Å²) in [5.74, 6) is 0.677. The first kappa shape index (κ1) is 15.5. The van der Waals surface area contributed by atoms with Gasteiger partial charge in [-0.15, -0.1) is 0 Å². The summed E-state index contributed by atoms with van der Waals surface area (Å²) in [6.45, 7) is 5.95. The van der Waals surface area contributed by atoms with Gasteiger partial charge in [0.1, 0.15) is 11.4 Å². The minimum Gasteiger partial charge on any atom is -0.444 e. The third-order valence-electron chi connectivity index (χ3n) is 3.50. The number of rotatable bonds is 3. The predicted molar refractivity (Wildman–Crippen MR) is 81.1 cm³/mol. The number of carbonyl (C=O) groups is 2. The average Bonchev–Trinajstić information content (AvgIpc) is 2.82. The molecule has 0 heterocycles. The fourth-order valence-corrected chi connectivity index (χ4v) is 2.54. The Morgan fingerprint density at radius 2 is 2.14 bits per heavy atom. The summed E-state index contributed by atoms with van der Waals surface area (Å²) in [7, 11) is 0. The van der Waals surface area contributed by atoms with Crippen LogP contribution in [0.4, 0.5) is 4.79 Å². The van der Waals surface area contributed by atoms with E-state index in [4.69, 9.17) is 4.74 Å². The fourth-order valence-electron chi connectivity index (χ4n) is 2.54. The molecule has 2 rings (SSSR count). The lowest BCUT2D eigenvalue weighted by Gasteiger charge is -2.19. The van der Waals surface area contributed by atoms with Crippen molar-refractivity contribution in [3.05, 3.63) is 35.4 Å². The Bertz CT molecular complexity index is 531. The number of nitrogens with one attached hydrogen (secondary N) is 1. The van der Waals surface area contributed by atoms with E-state index in [-0.39, 0.29) is 0 Å². The smallest absolute Gasteiger partial charge is 0.407 e. The van der Waals surface area contributed by atoms with E-state index in [1.165, 1.54) is 5.56 Å². The van der Waals surface area contributed by atoms with Crippen LogP contribution in [-0.2, 0) is 16.1 Å². The zero-order valence-corrected chi connectivity index (χ0v) is 12.9. The summed E-state index contributed by atoms with van der Waals surface area (Å²) >= 11 is 0. The number of hydrogen-bond donors (Lipinski definition) is 1. The van der Waals surface area contributed by atoms with Crippen LogP contribution in [0.2, 0.25) is 0 Å². The molecule has 1 unspecified atom stereocenters. The van der Waals surface area contributed by atoms with Crippen LogP contribution in [0, 0.1) is 0 Å². The monoisotopic (exact) mass is 289 g/mol. The highest BCUT2D eigenvalue weighted by molar-refractivity contribution is 5.81. The van der Waals surface area contributed by atoms with Crippen LogP contribution < -0.4 is 5.32 Å². The highest BCUT2D eigenvalue weighted by Gasteiger charge is 2.23. The van der Waals surface area contributed by atoms with E-state index in [0.29, 0.717) is 31.1 Å². The molecule has 1 saturated carbocycles. The number of alkyl carbamates (subject to hydrolysis) is 1. The number of Topliss-reactive ketones (excluding diaryl/α,β-unsaturated/α-hetero) is 1. The number of ketones is 1. The van der Waals surface area contributed by atoms with Crippen LogP contribution in [-0.4, -0.2) is 17.5 Å². The van der Waals surface area contributed by atoms with Gasteiger partial charge < -0.3 is 10.1 Å². The van der Waals surface area contributed by atoms with E-state index in [1.807, 2.05) is 32.9 Å². The van der Waals surface area contributed by atoms with E-state index < -0.39 is 11.7 Å². The minimum atomic E-state index is -0.490. The normalized spacial score (nSPS) is 18.6. The highest BCUT2D eigenvalue weighted by atomic mass is 16.6. The van der Waals surface area contributed by atoms with Crippen molar-refractivity contribution in [1.82, 2.24) is 5.32 Å². The molecule has 0 saturated heterocycles. The zero-order valence-electron chi connectivity index (χ0n) is 12.9. The third kappa shape index (κ3) is 4.88. The molecule has 1 fully saturated rings. The van der Waals surface area contributed by atoms with E-state index in [1.54, 1.807) is 0 Å². The maximum Gasteiger partial charge on any atom is 0.407 e. The number of benzene rings is 1. The summed E-state index contributed by atoms with van der Waals surface area (Å²) in [5.41, 5.74) is 1.72. The van der Waals surface area contributed by atoms with Gasteiger partial charge in [-0.3, -0.25) is 4.79 Å². The average molecular weight is 289 g/mol. The second-order valence-electron chi connectivity index (χ2n) is 6.58. The van der Waals surface area contributed by atoms with Crippen molar-refractivity contribution in [1.29, 1.82) is 0 Å². The first-order valence-electron chi connectivity index (χ1n) is 7.41. The fraction of sp³-hybridized carbons (Fsp3) is 0.529. The van der Waals surface area contributed by atoms with Gasteiger partial charge in [0, 0.05) is 19.4 Å². The Morgan fingerprint density at radius 3 is 2.76 bits per heavy atom. The molecule has 114 valence electrons. The van der Waals surface area contributed by atoms with Crippen LogP contribution in [0.1, 0.15) is 57.1 Å². The molecule has 0 bridgehead atoms. The van der Waals surface area contributed by atoms with Gasteiger partial charge in [0.2, 0.25) is 0 Å². The van der Waals surface area contributed by atoms with Crippen molar-refractivity contribution in [2.24, 2.45) is 0 Å². The van der Waals surface area contributed by atoms with Crippen LogP contribution in [0.3, 0.4) is 0 Å². The molecular formula is C17H23NO3. The molecule has 1 atom stereocenters. The van der Waals surface area contributed by atoms with Crippen molar-refractivity contribution in [3.63, 3.8) is 0 Å². The standard InChI is InChI=1S/C17H23NO3/c1-17(2,3)21-16(20)18-11-12-5-4-6-13(9-12)14-7-8-15(19)10-14/h4-6,9,14H,7-8,10-11H2,1-3H3,(H,18,20). The Balaban J connectivity index is 1.92. The van der Waals surface area contributed by atoms with Crippen LogP contribution in [0.5, 0.6) is 0 Å². The van der Waals surface area contributed by atoms with Crippen molar-refractivity contribution in [2.75, 3.05) is 0 Å². The Hall–Kier alpha value is -1.84. The molecule has 1 N–H and O–H groups in total. The quantitative estimate of drug-likeness (QED) is 0.925. The number of ether oxygens (including phenoxy) is 1. The molecule has 1 aromatic rings. The number of carbonyl (C=O) groups excluding carboxylic acids is 2. The van der Waals surface area contributed by atoms with Crippen LogP contribution in [0.15, 0.2) is 24.3 Å².